The fraction of sp³-hybridized carbons (Fsp3) is 0.273. The van der Waals surface area contributed by atoms with Crippen molar-refractivity contribution < 1.29 is 23.8 Å². The Morgan fingerprint density at radius 2 is 1.71 bits per heavy atom. The number of carboxylic acid groups (broad SMARTS) is 1. The number of nitrogens with zero attached hydrogens (tertiary/aromatic N) is 1. The van der Waals surface area contributed by atoms with Crippen LogP contribution in [0.3, 0.4) is 0 Å². The molecule has 0 bridgehead atoms. The lowest BCUT2D eigenvalue weighted by atomic mass is 9.98. The second-order valence-electron chi connectivity index (χ2n) is 7.03. The molecule has 4 rings (SSSR count). The van der Waals surface area contributed by atoms with Crippen molar-refractivity contribution in [2.75, 3.05) is 19.7 Å². The largest absolute Gasteiger partial charge is 0.478 e. The van der Waals surface area contributed by atoms with Crippen molar-refractivity contribution >= 4 is 12.1 Å². The number of ether oxygens (including phenoxy) is 1. The summed E-state index contributed by atoms with van der Waals surface area (Å²) in [5, 5.41) is 8.78. The fourth-order valence-corrected chi connectivity index (χ4v) is 4.00. The van der Waals surface area contributed by atoms with Gasteiger partial charge in [0.05, 0.1) is 6.54 Å². The maximum Gasteiger partial charge on any atom is 0.409 e. The van der Waals surface area contributed by atoms with E-state index in [-0.39, 0.29) is 37.6 Å². The summed E-state index contributed by atoms with van der Waals surface area (Å²) in [6.45, 7) is 0.240. The molecule has 1 amide bonds. The molecule has 6 heteroatoms. The maximum atomic E-state index is 14.2. The number of alkyl halides is 1. The van der Waals surface area contributed by atoms with Gasteiger partial charge in [0, 0.05) is 18.5 Å². The van der Waals surface area contributed by atoms with Gasteiger partial charge in [-0.3, -0.25) is 0 Å². The van der Waals surface area contributed by atoms with Crippen molar-refractivity contribution in [3.63, 3.8) is 0 Å². The minimum atomic E-state index is -1.48. The number of carbonyl (C=O) groups excluding carboxylic acids is 1. The zero-order valence-electron chi connectivity index (χ0n) is 15.2. The van der Waals surface area contributed by atoms with Crippen LogP contribution in [0.1, 0.15) is 23.5 Å². The molecule has 5 nitrogen and oxygen atoms in total. The van der Waals surface area contributed by atoms with Crippen LogP contribution >= 0.6 is 0 Å². The summed E-state index contributed by atoms with van der Waals surface area (Å²) < 4.78 is 19.7. The summed E-state index contributed by atoms with van der Waals surface area (Å²) >= 11 is 0. The molecule has 2 aromatic rings. The Morgan fingerprint density at radius 1 is 1.11 bits per heavy atom. The summed E-state index contributed by atoms with van der Waals surface area (Å²) in [7, 11) is 0. The number of fused-ring (bicyclic) bond motifs is 3. The molecule has 1 unspecified atom stereocenters. The monoisotopic (exact) mass is 381 g/mol. The first-order valence-corrected chi connectivity index (χ1v) is 9.22. The van der Waals surface area contributed by atoms with E-state index in [9.17, 15) is 14.0 Å². The number of benzene rings is 2. The Hall–Kier alpha value is -3.15. The zero-order chi connectivity index (χ0) is 19.7. The van der Waals surface area contributed by atoms with E-state index in [1.807, 2.05) is 36.4 Å². The average molecular weight is 381 g/mol. The molecule has 28 heavy (non-hydrogen) atoms. The van der Waals surface area contributed by atoms with E-state index in [1.165, 1.54) is 4.90 Å². The Bertz CT molecular complexity index is 910. The molecule has 1 fully saturated rings. The minimum absolute atomic E-state index is 0.0511. The highest BCUT2D eigenvalue weighted by molar-refractivity contribution is 5.81. The molecule has 144 valence electrons. The molecule has 1 heterocycles. The number of aliphatic carboxylic acids is 1. The van der Waals surface area contributed by atoms with Crippen LogP contribution in [0.25, 0.3) is 11.1 Å². The highest BCUT2D eigenvalue weighted by Crippen LogP contribution is 2.44. The van der Waals surface area contributed by atoms with Crippen molar-refractivity contribution in [2.45, 2.75) is 18.5 Å². The third-order valence-electron chi connectivity index (χ3n) is 5.36. The first kappa shape index (κ1) is 18.2. The van der Waals surface area contributed by atoms with Crippen molar-refractivity contribution in [3.05, 3.63) is 71.3 Å². The molecule has 1 aliphatic heterocycles. The highest BCUT2D eigenvalue weighted by atomic mass is 19.1. The molecule has 1 saturated heterocycles. The van der Waals surface area contributed by atoms with E-state index >= 15 is 0 Å². The third-order valence-corrected chi connectivity index (χ3v) is 5.36. The molecule has 0 spiro atoms. The van der Waals surface area contributed by atoms with Gasteiger partial charge in [0.15, 0.2) is 0 Å². The standard InChI is InChI=1S/C22H20FNO4/c23-20-12-24(10-9-14(20)11-21(25)26)22(27)28-13-19-17-7-3-1-5-15(17)16-6-2-4-8-18(16)19/h1-8,11,19-20H,9-10,12-13H2,(H,25,26)/b14-11+. The number of rotatable bonds is 3. The van der Waals surface area contributed by atoms with Gasteiger partial charge in [-0.15, -0.1) is 0 Å². The summed E-state index contributed by atoms with van der Waals surface area (Å²) in [5.41, 5.74) is 4.72. The molecule has 0 aromatic heterocycles. The van der Waals surface area contributed by atoms with Gasteiger partial charge in [-0.05, 0) is 34.2 Å². The molecule has 1 atom stereocenters. The van der Waals surface area contributed by atoms with Crippen LogP contribution in [-0.2, 0) is 9.53 Å². The van der Waals surface area contributed by atoms with E-state index in [1.54, 1.807) is 0 Å². The predicted molar refractivity (Wildman–Crippen MR) is 102 cm³/mol. The van der Waals surface area contributed by atoms with E-state index < -0.39 is 18.2 Å². The highest BCUT2D eigenvalue weighted by Gasteiger charge is 2.32. The number of amides is 1. The first-order chi connectivity index (χ1) is 13.5. The average Bonchev–Trinajstić information content (AvgIpc) is 3.01. The van der Waals surface area contributed by atoms with Gasteiger partial charge in [0.25, 0.3) is 0 Å². The molecule has 1 N–H and O–H groups in total. The molecule has 2 aromatic carbocycles. The summed E-state index contributed by atoms with van der Waals surface area (Å²) in [6.07, 6.45) is -0.971. The van der Waals surface area contributed by atoms with Crippen LogP contribution < -0.4 is 0 Å². The minimum Gasteiger partial charge on any atom is -0.478 e. The van der Waals surface area contributed by atoms with Crippen LogP contribution in [0, 0.1) is 0 Å². The van der Waals surface area contributed by atoms with Gasteiger partial charge >= 0.3 is 12.1 Å². The van der Waals surface area contributed by atoms with Crippen molar-refractivity contribution in [3.8, 4) is 11.1 Å². The van der Waals surface area contributed by atoms with Gasteiger partial charge in [-0.2, -0.15) is 0 Å². The Balaban J connectivity index is 1.44. The molecular weight excluding hydrogens is 361 g/mol. The third kappa shape index (κ3) is 3.38. The number of hydrogen-bond acceptors (Lipinski definition) is 3. The van der Waals surface area contributed by atoms with E-state index in [0.29, 0.717) is 0 Å². The second-order valence-corrected chi connectivity index (χ2v) is 7.03. The van der Waals surface area contributed by atoms with Crippen molar-refractivity contribution in [1.29, 1.82) is 0 Å². The van der Waals surface area contributed by atoms with Crippen LogP contribution in [-0.4, -0.2) is 47.9 Å². The van der Waals surface area contributed by atoms with Gasteiger partial charge in [0.2, 0.25) is 0 Å². The maximum absolute atomic E-state index is 14.2. The van der Waals surface area contributed by atoms with Crippen LogP contribution in [0.5, 0.6) is 0 Å². The van der Waals surface area contributed by atoms with E-state index in [2.05, 4.69) is 12.1 Å². The molecule has 2 aliphatic rings. The first-order valence-electron chi connectivity index (χ1n) is 9.22. The number of carbonyl (C=O) groups is 2. The van der Waals surface area contributed by atoms with Crippen LogP contribution in [0.4, 0.5) is 9.18 Å². The number of likely N-dealkylation sites (tertiary alicyclic amines) is 1. The fourth-order valence-electron chi connectivity index (χ4n) is 4.00. The number of halogens is 1. The quantitative estimate of drug-likeness (QED) is 0.817. The molecule has 0 saturated carbocycles. The zero-order valence-corrected chi connectivity index (χ0v) is 15.2. The topological polar surface area (TPSA) is 66.8 Å². The summed E-state index contributed by atoms with van der Waals surface area (Å²) in [6, 6.07) is 16.1. The molecule has 0 radical (unpaired) electrons. The van der Waals surface area contributed by atoms with Gasteiger partial charge in [0.1, 0.15) is 12.8 Å². The lowest BCUT2D eigenvalue weighted by Crippen LogP contribution is -2.42. The van der Waals surface area contributed by atoms with Gasteiger partial charge in [-0.25, -0.2) is 14.0 Å². The normalized spacial score (nSPS) is 20.0. The molecular formula is C22H20FNO4. The van der Waals surface area contributed by atoms with E-state index in [0.717, 1.165) is 28.3 Å². The SMILES string of the molecule is O=C(O)/C=C1\CCN(C(=O)OCC2c3ccccc3-c3ccccc32)CC1F. The summed E-state index contributed by atoms with van der Waals surface area (Å²) in [5.74, 6) is -1.22. The lowest BCUT2D eigenvalue weighted by Gasteiger charge is -2.30. The van der Waals surface area contributed by atoms with E-state index in [4.69, 9.17) is 9.84 Å². The Morgan fingerprint density at radius 3 is 2.29 bits per heavy atom. The smallest absolute Gasteiger partial charge is 0.409 e. The second kappa shape index (κ2) is 7.46. The molecule has 1 aliphatic carbocycles. The summed E-state index contributed by atoms with van der Waals surface area (Å²) in [4.78, 5) is 24.5. The van der Waals surface area contributed by atoms with Gasteiger partial charge < -0.3 is 14.7 Å². The van der Waals surface area contributed by atoms with Crippen molar-refractivity contribution in [1.82, 2.24) is 4.90 Å². The van der Waals surface area contributed by atoms with Crippen LogP contribution in [0.2, 0.25) is 0 Å². The number of hydrogen-bond donors (Lipinski definition) is 1. The van der Waals surface area contributed by atoms with Crippen molar-refractivity contribution in [2.24, 2.45) is 0 Å². The number of carboxylic acids is 1. The Labute approximate surface area is 162 Å². The van der Waals surface area contributed by atoms with Crippen LogP contribution in [0.15, 0.2) is 60.2 Å². The van der Waals surface area contributed by atoms with Gasteiger partial charge in [-0.1, -0.05) is 48.5 Å². The lowest BCUT2D eigenvalue weighted by molar-refractivity contribution is -0.131. The Kier molecular flexibility index (Phi) is 4.86. The number of piperidine rings is 1. The predicted octanol–water partition coefficient (Wildman–Crippen LogP) is 3.99.